The zero-order chi connectivity index (χ0) is 17.8. The number of hydrogen-bond donors (Lipinski definition) is 2. The molecule has 1 saturated carbocycles. The summed E-state index contributed by atoms with van der Waals surface area (Å²) in [6.07, 6.45) is 7.12. The number of phenols is 2. The van der Waals surface area contributed by atoms with Crippen molar-refractivity contribution in [2.45, 2.75) is 51.0 Å². The molecule has 0 aliphatic heterocycles. The number of benzene rings is 1. The molecule has 1 amide bonds. The Kier molecular flexibility index (Phi) is 5.22. The van der Waals surface area contributed by atoms with Gasteiger partial charge in [0.05, 0.1) is 5.92 Å². The van der Waals surface area contributed by atoms with Crippen LogP contribution in [0.2, 0.25) is 0 Å². The van der Waals surface area contributed by atoms with Gasteiger partial charge in [0.2, 0.25) is 5.91 Å². The van der Waals surface area contributed by atoms with Crippen LogP contribution in [0.5, 0.6) is 11.5 Å². The van der Waals surface area contributed by atoms with E-state index >= 15 is 0 Å². The van der Waals surface area contributed by atoms with Gasteiger partial charge in [0, 0.05) is 12.2 Å². The normalized spacial score (nSPS) is 16.4. The van der Waals surface area contributed by atoms with Crippen molar-refractivity contribution in [3.8, 4) is 11.5 Å². The first-order valence-corrected chi connectivity index (χ1v) is 8.84. The first-order chi connectivity index (χ1) is 12.1. The number of amides is 1. The van der Waals surface area contributed by atoms with Crippen LogP contribution in [0.25, 0.3) is 0 Å². The van der Waals surface area contributed by atoms with Crippen molar-refractivity contribution in [1.82, 2.24) is 4.98 Å². The molecule has 25 heavy (non-hydrogen) atoms. The number of aromatic nitrogens is 1. The zero-order valence-electron chi connectivity index (χ0n) is 14.4. The molecule has 3 rings (SSSR count). The quantitative estimate of drug-likeness (QED) is 0.826. The minimum atomic E-state index is -0.435. The number of nitrogens with zero attached hydrogens (tertiary/aromatic N) is 2. The van der Waals surface area contributed by atoms with E-state index < -0.39 is 5.92 Å². The topological polar surface area (TPSA) is 73.7 Å². The Hall–Kier alpha value is -2.56. The summed E-state index contributed by atoms with van der Waals surface area (Å²) in [5, 5.41) is 19.2. The minimum Gasteiger partial charge on any atom is -0.504 e. The predicted octanol–water partition coefficient (Wildman–Crippen LogP) is 3.96. The molecule has 1 aliphatic carbocycles. The van der Waals surface area contributed by atoms with Crippen LogP contribution in [0.1, 0.15) is 50.5 Å². The van der Waals surface area contributed by atoms with Gasteiger partial charge in [-0.25, -0.2) is 4.98 Å². The number of hydrogen-bond acceptors (Lipinski definition) is 4. The van der Waals surface area contributed by atoms with Crippen LogP contribution in [0.3, 0.4) is 0 Å². The van der Waals surface area contributed by atoms with Gasteiger partial charge in [0.15, 0.2) is 11.5 Å². The van der Waals surface area contributed by atoms with E-state index in [2.05, 4.69) is 4.98 Å². The van der Waals surface area contributed by atoms with Crippen LogP contribution in [-0.2, 0) is 4.79 Å². The third-order valence-electron chi connectivity index (χ3n) is 4.94. The molecular weight excluding hydrogens is 316 g/mol. The minimum absolute atomic E-state index is 0.0318. The van der Waals surface area contributed by atoms with Crippen molar-refractivity contribution < 1.29 is 15.0 Å². The summed E-state index contributed by atoms with van der Waals surface area (Å²) in [5.74, 6) is -0.183. The Bertz CT molecular complexity index is 727. The average molecular weight is 340 g/mol. The second-order valence-electron chi connectivity index (χ2n) is 6.66. The van der Waals surface area contributed by atoms with E-state index in [-0.39, 0.29) is 23.4 Å². The fourth-order valence-corrected chi connectivity index (χ4v) is 3.48. The number of phenolic OH excluding ortho intramolecular Hbond substituents is 2. The van der Waals surface area contributed by atoms with Crippen LogP contribution >= 0.6 is 0 Å². The number of carbonyl (C=O) groups is 1. The van der Waals surface area contributed by atoms with Gasteiger partial charge >= 0.3 is 0 Å². The molecule has 0 bridgehead atoms. The van der Waals surface area contributed by atoms with Gasteiger partial charge in [-0.15, -0.1) is 0 Å². The molecular formula is C20H24N2O3. The molecule has 1 aromatic carbocycles. The molecule has 0 spiro atoms. The summed E-state index contributed by atoms with van der Waals surface area (Å²) in [4.78, 5) is 19.5. The Morgan fingerprint density at radius 3 is 2.52 bits per heavy atom. The van der Waals surface area contributed by atoms with Gasteiger partial charge in [0.25, 0.3) is 0 Å². The third kappa shape index (κ3) is 3.76. The van der Waals surface area contributed by atoms with E-state index in [1.165, 1.54) is 18.6 Å². The lowest BCUT2D eigenvalue weighted by atomic mass is 9.92. The van der Waals surface area contributed by atoms with Crippen molar-refractivity contribution in [1.29, 1.82) is 0 Å². The van der Waals surface area contributed by atoms with E-state index in [9.17, 15) is 15.0 Å². The van der Waals surface area contributed by atoms with Crippen molar-refractivity contribution in [2.75, 3.05) is 4.90 Å². The molecule has 1 aromatic heterocycles. The molecule has 2 aromatic rings. The largest absolute Gasteiger partial charge is 0.504 e. The number of carbonyl (C=O) groups excluding carboxylic acids is 1. The monoisotopic (exact) mass is 340 g/mol. The van der Waals surface area contributed by atoms with E-state index in [0.717, 1.165) is 25.7 Å². The van der Waals surface area contributed by atoms with Crippen LogP contribution in [0.4, 0.5) is 5.82 Å². The van der Waals surface area contributed by atoms with Gasteiger partial charge in [-0.05, 0) is 49.6 Å². The van der Waals surface area contributed by atoms with Gasteiger partial charge in [0.1, 0.15) is 5.82 Å². The van der Waals surface area contributed by atoms with Crippen molar-refractivity contribution in [3.63, 3.8) is 0 Å². The third-order valence-corrected chi connectivity index (χ3v) is 4.94. The lowest BCUT2D eigenvalue weighted by molar-refractivity contribution is -0.120. The molecule has 0 radical (unpaired) electrons. The van der Waals surface area contributed by atoms with Gasteiger partial charge in [-0.2, -0.15) is 0 Å². The van der Waals surface area contributed by atoms with Crippen LogP contribution in [0.15, 0.2) is 42.6 Å². The maximum absolute atomic E-state index is 13.3. The van der Waals surface area contributed by atoms with Gasteiger partial charge in [-0.1, -0.05) is 31.4 Å². The highest BCUT2D eigenvalue weighted by atomic mass is 16.3. The first kappa shape index (κ1) is 17.3. The number of pyridine rings is 1. The highest BCUT2D eigenvalue weighted by molar-refractivity contribution is 5.97. The highest BCUT2D eigenvalue weighted by Gasteiger charge is 2.31. The molecule has 1 aliphatic rings. The van der Waals surface area contributed by atoms with Crippen molar-refractivity contribution >= 4 is 11.7 Å². The van der Waals surface area contributed by atoms with Crippen molar-refractivity contribution in [2.24, 2.45) is 0 Å². The number of anilines is 1. The van der Waals surface area contributed by atoms with E-state index in [0.29, 0.717) is 11.4 Å². The Balaban J connectivity index is 1.91. The molecule has 5 heteroatoms. The molecule has 1 atom stereocenters. The number of aromatic hydroxyl groups is 2. The molecule has 1 heterocycles. The van der Waals surface area contributed by atoms with Crippen molar-refractivity contribution in [3.05, 3.63) is 48.2 Å². The van der Waals surface area contributed by atoms with E-state index in [1.807, 2.05) is 30.0 Å². The Labute approximate surface area is 147 Å². The van der Waals surface area contributed by atoms with Crippen LogP contribution in [0, 0.1) is 0 Å². The molecule has 1 fully saturated rings. The smallest absolute Gasteiger partial charge is 0.235 e. The van der Waals surface area contributed by atoms with Crippen LogP contribution < -0.4 is 4.90 Å². The summed E-state index contributed by atoms with van der Waals surface area (Å²) in [6, 6.07) is 10.3. The maximum Gasteiger partial charge on any atom is 0.235 e. The maximum atomic E-state index is 13.3. The lowest BCUT2D eigenvalue weighted by Crippen LogP contribution is -2.44. The molecule has 1 unspecified atom stereocenters. The Morgan fingerprint density at radius 2 is 1.88 bits per heavy atom. The summed E-state index contributed by atoms with van der Waals surface area (Å²) in [6.45, 7) is 1.83. The summed E-state index contributed by atoms with van der Waals surface area (Å²) in [7, 11) is 0. The fraction of sp³-hybridized carbons (Fsp3) is 0.400. The van der Waals surface area contributed by atoms with Crippen LogP contribution in [-0.4, -0.2) is 27.1 Å². The van der Waals surface area contributed by atoms with E-state index in [4.69, 9.17) is 0 Å². The second kappa shape index (κ2) is 7.55. The fourth-order valence-electron chi connectivity index (χ4n) is 3.48. The summed E-state index contributed by atoms with van der Waals surface area (Å²) < 4.78 is 0. The lowest BCUT2D eigenvalue weighted by Gasteiger charge is -2.35. The summed E-state index contributed by atoms with van der Waals surface area (Å²) in [5.41, 5.74) is 0.678. The average Bonchev–Trinajstić information content (AvgIpc) is 2.65. The predicted molar refractivity (Wildman–Crippen MR) is 96.8 cm³/mol. The number of rotatable bonds is 4. The highest BCUT2D eigenvalue weighted by Crippen LogP contribution is 2.32. The second-order valence-corrected chi connectivity index (χ2v) is 6.66. The Morgan fingerprint density at radius 1 is 1.12 bits per heavy atom. The molecule has 0 saturated heterocycles. The standard InChI is InChI=1S/C20H24N2O3/c1-14(15-10-11-17(23)18(24)13-15)20(25)22(16-7-3-2-4-8-16)19-9-5-6-12-21-19/h5-6,9-14,16,23-24H,2-4,7-8H2,1H3. The summed E-state index contributed by atoms with van der Waals surface area (Å²) >= 11 is 0. The van der Waals surface area contributed by atoms with Gasteiger partial charge < -0.3 is 10.2 Å². The van der Waals surface area contributed by atoms with Gasteiger partial charge in [-0.3, -0.25) is 9.69 Å². The SMILES string of the molecule is CC(C(=O)N(c1ccccn1)C1CCCCC1)c1ccc(O)c(O)c1. The molecule has 5 nitrogen and oxygen atoms in total. The molecule has 2 N–H and O–H groups in total. The molecule has 132 valence electrons. The van der Waals surface area contributed by atoms with E-state index in [1.54, 1.807) is 12.3 Å². The zero-order valence-corrected chi connectivity index (χ0v) is 14.4. The first-order valence-electron chi connectivity index (χ1n) is 8.84.